The van der Waals surface area contributed by atoms with E-state index in [9.17, 15) is 4.79 Å². The van der Waals surface area contributed by atoms with Crippen LogP contribution in [0.4, 0.5) is 5.82 Å². The minimum Gasteiger partial charge on any atom is -0.368 e. The average molecular weight is 367 g/mol. The molecular formula is C19H25N7O. The highest BCUT2D eigenvalue weighted by Crippen LogP contribution is 2.32. The molecule has 4 atom stereocenters. The molecule has 8 nitrogen and oxygen atoms in total. The zero-order chi connectivity index (χ0) is 19.0. The molecule has 2 aliphatic rings. The van der Waals surface area contributed by atoms with Crippen LogP contribution in [0.1, 0.15) is 30.5 Å². The molecule has 1 amide bonds. The molecule has 0 spiro atoms. The van der Waals surface area contributed by atoms with E-state index < -0.39 is 0 Å². The van der Waals surface area contributed by atoms with E-state index in [2.05, 4.69) is 26.1 Å². The molecule has 3 heterocycles. The fraction of sp³-hybridized carbons (Fsp3) is 0.474. The summed E-state index contributed by atoms with van der Waals surface area (Å²) in [5.41, 5.74) is 14.7. The highest BCUT2D eigenvalue weighted by atomic mass is 16.1. The smallest absolute Gasteiger partial charge is 0.236 e. The first kappa shape index (κ1) is 17.8. The Labute approximate surface area is 158 Å². The van der Waals surface area contributed by atoms with Gasteiger partial charge < -0.3 is 11.1 Å². The zero-order valence-corrected chi connectivity index (χ0v) is 15.6. The van der Waals surface area contributed by atoms with Crippen molar-refractivity contribution in [1.82, 2.24) is 25.8 Å². The van der Waals surface area contributed by atoms with Crippen molar-refractivity contribution in [2.24, 2.45) is 11.7 Å². The minimum atomic E-state index is -0.321. The molecule has 142 valence electrons. The number of nitrogens with one attached hydrogen (secondary N) is 3. The van der Waals surface area contributed by atoms with Crippen molar-refractivity contribution in [3.63, 3.8) is 0 Å². The van der Waals surface area contributed by atoms with Crippen LogP contribution in [-0.4, -0.2) is 39.0 Å². The van der Waals surface area contributed by atoms with Crippen molar-refractivity contribution in [3.8, 4) is 11.4 Å². The lowest BCUT2D eigenvalue weighted by Crippen LogP contribution is -2.44. The summed E-state index contributed by atoms with van der Waals surface area (Å²) in [5.74, 6) is 1.40. The predicted octanol–water partition coefficient (Wildman–Crippen LogP) is 1.07. The van der Waals surface area contributed by atoms with Crippen molar-refractivity contribution in [2.75, 3.05) is 5.32 Å². The minimum absolute atomic E-state index is 0.190. The molecule has 27 heavy (non-hydrogen) atoms. The molecule has 2 fully saturated rings. The third kappa shape index (κ3) is 3.50. The van der Waals surface area contributed by atoms with Crippen molar-refractivity contribution >= 4 is 11.7 Å². The number of aryl methyl sites for hydroxylation is 1. The van der Waals surface area contributed by atoms with E-state index in [1.807, 2.05) is 26.0 Å². The second-order valence-corrected chi connectivity index (χ2v) is 7.44. The molecule has 0 bridgehead atoms. The normalized spacial score (nSPS) is 27.2. The largest absolute Gasteiger partial charge is 0.368 e. The third-order valence-corrected chi connectivity index (χ3v) is 5.71. The van der Waals surface area contributed by atoms with E-state index in [0.29, 0.717) is 11.9 Å². The summed E-state index contributed by atoms with van der Waals surface area (Å²) in [7, 11) is 0. The van der Waals surface area contributed by atoms with Gasteiger partial charge in [-0.2, -0.15) is 0 Å². The Morgan fingerprint density at radius 1 is 1.26 bits per heavy atom. The number of carbonyl (C=O) groups excluding carboxylic acids is 1. The summed E-state index contributed by atoms with van der Waals surface area (Å²) < 4.78 is 0. The Kier molecular flexibility index (Phi) is 4.75. The Hall–Kier alpha value is -2.58. The number of carbonyl (C=O) groups is 1. The first-order chi connectivity index (χ1) is 13.0. The van der Waals surface area contributed by atoms with Gasteiger partial charge in [-0.3, -0.25) is 15.2 Å². The summed E-state index contributed by atoms with van der Waals surface area (Å²) in [5, 5.41) is 3.59. The lowest BCUT2D eigenvalue weighted by atomic mass is 9.79. The number of rotatable bonds is 4. The quantitative estimate of drug-likeness (QED) is 0.638. The highest BCUT2D eigenvalue weighted by Gasteiger charge is 2.42. The molecule has 5 N–H and O–H groups in total. The Morgan fingerprint density at radius 3 is 2.85 bits per heavy atom. The van der Waals surface area contributed by atoms with Crippen LogP contribution in [-0.2, 0) is 4.79 Å². The van der Waals surface area contributed by atoms with Crippen molar-refractivity contribution in [3.05, 3.63) is 35.8 Å². The van der Waals surface area contributed by atoms with Crippen molar-refractivity contribution < 1.29 is 4.79 Å². The second-order valence-electron chi connectivity index (χ2n) is 7.44. The van der Waals surface area contributed by atoms with Crippen LogP contribution < -0.4 is 21.9 Å². The lowest BCUT2D eigenvalue weighted by molar-refractivity contribution is -0.120. The molecule has 0 aromatic carbocycles. The van der Waals surface area contributed by atoms with Crippen LogP contribution in [0.5, 0.6) is 0 Å². The van der Waals surface area contributed by atoms with Gasteiger partial charge in [-0.1, -0.05) is 0 Å². The van der Waals surface area contributed by atoms with Crippen LogP contribution in [0.15, 0.2) is 24.5 Å². The molecule has 1 aliphatic carbocycles. The van der Waals surface area contributed by atoms with Crippen LogP contribution >= 0.6 is 0 Å². The van der Waals surface area contributed by atoms with Crippen LogP contribution in [0.25, 0.3) is 11.4 Å². The maximum atomic E-state index is 11.7. The fourth-order valence-electron chi connectivity index (χ4n) is 4.06. The number of anilines is 1. The predicted molar refractivity (Wildman–Crippen MR) is 103 cm³/mol. The first-order valence-corrected chi connectivity index (χ1v) is 9.35. The molecule has 2 aromatic rings. The molecule has 1 aliphatic heterocycles. The summed E-state index contributed by atoms with van der Waals surface area (Å²) in [4.78, 5) is 25.2. The summed E-state index contributed by atoms with van der Waals surface area (Å²) >= 11 is 0. The Morgan fingerprint density at radius 2 is 2.11 bits per heavy atom. The molecule has 4 rings (SSSR count). The van der Waals surface area contributed by atoms with Gasteiger partial charge in [0.25, 0.3) is 0 Å². The average Bonchev–Trinajstić information content (AvgIpc) is 3.09. The van der Waals surface area contributed by atoms with Crippen LogP contribution in [0, 0.1) is 19.8 Å². The van der Waals surface area contributed by atoms with E-state index in [-0.39, 0.29) is 23.9 Å². The Balaban J connectivity index is 1.56. The van der Waals surface area contributed by atoms with Gasteiger partial charge >= 0.3 is 0 Å². The molecule has 1 saturated heterocycles. The first-order valence-electron chi connectivity index (χ1n) is 9.35. The number of fused-ring (bicyclic) bond motifs is 1. The SMILES string of the molecule is Cc1nc(-c2cccnc2)nc(NC2CCC3NNC(C(N)=O)C3C2)c1C. The monoisotopic (exact) mass is 367 g/mol. The molecular weight excluding hydrogens is 342 g/mol. The van der Waals surface area contributed by atoms with Gasteiger partial charge in [0.15, 0.2) is 5.82 Å². The van der Waals surface area contributed by atoms with Gasteiger partial charge in [-0.05, 0) is 45.2 Å². The van der Waals surface area contributed by atoms with E-state index in [1.165, 1.54) is 0 Å². The van der Waals surface area contributed by atoms with Crippen LogP contribution in [0.3, 0.4) is 0 Å². The molecule has 4 unspecified atom stereocenters. The molecule has 2 aromatic heterocycles. The molecule has 0 radical (unpaired) electrons. The number of nitrogens with zero attached hydrogens (tertiary/aromatic N) is 3. The van der Waals surface area contributed by atoms with Gasteiger partial charge in [0.1, 0.15) is 11.9 Å². The van der Waals surface area contributed by atoms with Gasteiger partial charge in [0.2, 0.25) is 5.91 Å². The van der Waals surface area contributed by atoms with Gasteiger partial charge in [-0.25, -0.2) is 15.4 Å². The summed E-state index contributed by atoms with van der Waals surface area (Å²) in [6, 6.07) is 4.05. The fourth-order valence-corrected chi connectivity index (χ4v) is 4.06. The van der Waals surface area contributed by atoms with E-state index in [0.717, 1.165) is 41.9 Å². The van der Waals surface area contributed by atoms with Gasteiger partial charge in [0, 0.05) is 47.2 Å². The topological polar surface area (TPSA) is 118 Å². The number of amides is 1. The van der Waals surface area contributed by atoms with E-state index >= 15 is 0 Å². The number of hydrogen-bond acceptors (Lipinski definition) is 7. The van der Waals surface area contributed by atoms with Crippen LogP contribution in [0.2, 0.25) is 0 Å². The van der Waals surface area contributed by atoms with Gasteiger partial charge in [-0.15, -0.1) is 0 Å². The zero-order valence-electron chi connectivity index (χ0n) is 15.6. The number of nitrogens with two attached hydrogens (primary N) is 1. The number of primary amides is 1. The number of pyridine rings is 1. The van der Waals surface area contributed by atoms with E-state index in [1.54, 1.807) is 12.4 Å². The van der Waals surface area contributed by atoms with E-state index in [4.69, 9.17) is 10.7 Å². The number of aromatic nitrogens is 3. The third-order valence-electron chi connectivity index (χ3n) is 5.71. The lowest BCUT2D eigenvalue weighted by Gasteiger charge is -2.33. The van der Waals surface area contributed by atoms with Gasteiger partial charge in [0.05, 0.1) is 0 Å². The number of hydrazine groups is 1. The Bertz CT molecular complexity index is 841. The summed E-state index contributed by atoms with van der Waals surface area (Å²) in [6.07, 6.45) is 6.36. The number of hydrogen-bond donors (Lipinski definition) is 4. The molecule has 1 saturated carbocycles. The molecule has 8 heteroatoms. The maximum absolute atomic E-state index is 11.7. The summed E-state index contributed by atoms with van der Waals surface area (Å²) in [6.45, 7) is 4.02. The van der Waals surface area contributed by atoms with Crippen molar-refractivity contribution in [2.45, 2.75) is 51.2 Å². The standard InChI is InChI=1S/C19H25N7O/c1-10-11(2)22-19(12-4-3-7-21-9-12)24-18(10)23-13-5-6-15-14(8-13)16(17(20)27)26-25-15/h3-4,7,9,13-16,25-26H,5-6,8H2,1-2H3,(H2,20,27)(H,22,23,24). The maximum Gasteiger partial charge on any atom is 0.236 e. The second kappa shape index (κ2) is 7.21. The van der Waals surface area contributed by atoms with Crippen molar-refractivity contribution in [1.29, 1.82) is 0 Å². The highest BCUT2D eigenvalue weighted by molar-refractivity contribution is 5.80.